The number of rotatable bonds is 9. The monoisotopic (exact) mass is 356 g/mol. The van der Waals surface area contributed by atoms with Gasteiger partial charge in [-0.2, -0.15) is 13.2 Å². The number of ether oxygens (including phenoxy) is 2. The number of methoxy groups -OCH3 is 1. The highest BCUT2D eigenvalue weighted by atomic mass is 35.5. The quantitative estimate of drug-likeness (QED) is 0.663. The first-order chi connectivity index (χ1) is 10.4. The highest BCUT2D eigenvalue weighted by Crippen LogP contribution is 2.30. The SMILES string of the molecule is COCCNCC(=O)NCCOc1ccc(C(F)(F)F)cc1.Cl. The zero-order chi connectivity index (χ0) is 16.4. The van der Waals surface area contributed by atoms with Gasteiger partial charge in [0.1, 0.15) is 12.4 Å². The highest BCUT2D eigenvalue weighted by Gasteiger charge is 2.29. The summed E-state index contributed by atoms with van der Waals surface area (Å²) < 4.78 is 47.1. The van der Waals surface area contributed by atoms with Gasteiger partial charge < -0.3 is 20.1 Å². The summed E-state index contributed by atoms with van der Waals surface area (Å²) in [4.78, 5) is 11.4. The summed E-state index contributed by atoms with van der Waals surface area (Å²) in [6.07, 6.45) is -4.36. The molecular weight excluding hydrogens is 337 g/mol. The number of carbonyl (C=O) groups excluding carboxylic acids is 1. The molecule has 0 heterocycles. The Balaban J connectivity index is 0.00000484. The van der Waals surface area contributed by atoms with E-state index in [0.29, 0.717) is 18.9 Å². The van der Waals surface area contributed by atoms with Gasteiger partial charge in [0.15, 0.2) is 0 Å². The Bertz CT molecular complexity index is 456. The zero-order valence-corrected chi connectivity index (χ0v) is 13.4. The fraction of sp³-hybridized carbons (Fsp3) is 0.500. The van der Waals surface area contributed by atoms with Crippen LogP contribution in [-0.4, -0.2) is 45.9 Å². The Morgan fingerprint density at radius 2 is 1.78 bits per heavy atom. The van der Waals surface area contributed by atoms with Crippen LogP contribution < -0.4 is 15.4 Å². The first-order valence-corrected chi connectivity index (χ1v) is 6.70. The van der Waals surface area contributed by atoms with Gasteiger partial charge in [-0.15, -0.1) is 12.4 Å². The summed E-state index contributed by atoms with van der Waals surface area (Å²) in [5.41, 5.74) is -0.727. The fourth-order valence-corrected chi connectivity index (χ4v) is 1.54. The third kappa shape index (κ3) is 9.27. The lowest BCUT2D eigenvalue weighted by Gasteiger charge is -2.10. The minimum atomic E-state index is -4.36. The molecule has 132 valence electrons. The van der Waals surface area contributed by atoms with Crippen molar-refractivity contribution in [1.82, 2.24) is 10.6 Å². The van der Waals surface area contributed by atoms with Gasteiger partial charge in [0.25, 0.3) is 0 Å². The molecule has 0 aliphatic rings. The molecule has 0 bridgehead atoms. The van der Waals surface area contributed by atoms with E-state index >= 15 is 0 Å². The second-order valence-electron chi connectivity index (χ2n) is 4.39. The summed E-state index contributed by atoms with van der Waals surface area (Å²) in [6, 6.07) is 4.40. The van der Waals surface area contributed by atoms with E-state index < -0.39 is 11.7 Å². The Kier molecular flexibility index (Phi) is 10.4. The van der Waals surface area contributed by atoms with E-state index in [1.165, 1.54) is 12.1 Å². The van der Waals surface area contributed by atoms with Crippen molar-refractivity contribution in [2.75, 3.05) is 40.0 Å². The molecule has 0 fully saturated rings. The van der Waals surface area contributed by atoms with Crippen molar-refractivity contribution in [3.05, 3.63) is 29.8 Å². The smallest absolute Gasteiger partial charge is 0.416 e. The van der Waals surface area contributed by atoms with E-state index in [0.717, 1.165) is 12.1 Å². The van der Waals surface area contributed by atoms with Crippen LogP contribution in [0.1, 0.15) is 5.56 Å². The summed E-state index contributed by atoms with van der Waals surface area (Å²) in [5.74, 6) is 0.132. The number of amides is 1. The van der Waals surface area contributed by atoms with Gasteiger partial charge in [-0.05, 0) is 24.3 Å². The number of halogens is 4. The van der Waals surface area contributed by atoms with Crippen molar-refractivity contribution in [3.63, 3.8) is 0 Å². The van der Waals surface area contributed by atoms with Crippen LogP contribution in [0.2, 0.25) is 0 Å². The van der Waals surface area contributed by atoms with E-state index in [1.54, 1.807) is 7.11 Å². The third-order valence-corrected chi connectivity index (χ3v) is 2.64. The second-order valence-corrected chi connectivity index (χ2v) is 4.39. The summed E-state index contributed by atoms with van der Waals surface area (Å²) in [6.45, 7) is 1.71. The van der Waals surface area contributed by atoms with E-state index in [9.17, 15) is 18.0 Å². The third-order valence-electron chi connectivity index (χ3n) is 2.64. The van der Waals surface area contributed by atoms with Crippen molar-refractivity contribution in [3.8, 4) is 5.75 Å². The normalized spacial score (nSPS) is 10.8. The largest absolute Gasteiger partial charge is 0.492 e. The Labute approximate surface area is 138 Å². The molecule has 5 nitrogen and oxygen atoms in total. The molecule has 0 atom stereocenters. The van der Waals surface area contributed by atoms with Crippen molar-refractivity contribution < 1.29 is 27.4 Å². The lowest BCUT2D eigenvalue weighted by molar-refractivity contribution is -0.137. The molecule has 0 aliphatic carbocycles. The lowest BCUT2D eigenvalue weighted by Crippen LogP contribution is -2.37. The molecule has 0 spiro atoms. The number of nitrogens with one attached hydrogen (secondary N) is 2. The van der Waals surface area contributed by atoms with E-state index in [1.807, 2.05) is 0 Å². The Morgan fingerprint density at radius 1 is 1.13 bits per heavy atom. The molecule has 23 heavy (non-hydrogen) atoms. The lowest BCUT2D eigenvalue weighted by atomic mass is 10.2. The molecule has 1 amide bonds. The highest BCUT2D eigenvalue weighted by molar-refractivity contribution is 5.85. The van der Waals surface area contributed by atoms with Crippen LogP contribution in [0.3, 0.4) is 0 Å². The number of hydrogen-bond acceptors (Lipinski definition) is 4. The summed E-state index contributed by atoms with van der Waals surface area (Å²) in [7, 11) is 1.57. The summed E-state index contributed by atoms with van der Waals surface area (Å²) >= 11 is 0. The number of benzene rings is 1. The van der Waals surface area contributed by atoms with Gasteiger partial charge in [-0.25, -0.2) is 0 Å². The van der Waals surface area contributed by atoms with Crippen LogP contribution in [0.25, 0.3) is 0 Å². The number of alkyl halides is 3. The van der Waals surface area contributed by atoms with Gasteiger partial charge in [0, 0.05) is 13.7 Å². The van der Waals surface area contributed by atoms with Crippen LogP contribution in [0.4, 0.5) is 13.2 Å². The second kappa shape index (κ2) is 11.1. The average molecular weight is 357 g/mol. The molecule has 1 rings (SSSR count). The molecule has 2 N–H and O–H groups in total. The minimum Gasteiger partial charge on any atom is -0.492 e. The Hall–Kier alpha value is -1.51. The van der Waals surface area contributed by atoms with Gasteiger partial charge >= 0.3 is 6.18 Å². The predicted octanol–water partition coefficient (Wildman–Crippen LogP) is 1.86. The molecule has 9 heteroatoms. The maximum absolute atomic E-state index is 12.4. The van der Waals surface area contributed by atoms with Crippen molar-refractivity contribution in [1.29, 1.82) is 0 Å². The molecule has 1 aromatic rings. The van der Waals surface area contributed by atoms with Gasteiger partial charge in [-0.1, -0.05) is 0 Å². The molecule has 0 aromatic heterocycles. The number of hydrogen-bond donors (Lipinski definition) is 2. The molecule has 0 unspecified atom stereocenters. The van der Waals surface area contributed by atoms with E-state index in [2.05, 4.69) is 10.6 Å². The Morgan fingerprint density at radius 3 is 2.35 bits per heavy atom. The van der Waals surface area contributed by atoms with Crippen molar-refractivity contribution >= 4 is 18.3 Å². The van der Waals surface area contributed by atoms with Crippen molar-refractivity contribution in [2.45, 2.75) is 6.18 Å². The van der Waals surface area contributed by atoms with E-state index in [-0.39, 0.29) is 38.0 Å². The summed E-state index contributed by atoms with van der Waals surface area (Å²) in [5, 5.41) is 5.50. The maximum Gasteiger partial charge on any atom is 0.416 e. The van der Waals surface area contributed by atoms with Gasteiger partial charge in [-0.3, -0.25) is 4.79 Å². The molecule has 0 aliphatic heterocycles. The van der Waals surface area contributed by atoms with Crippen molar-refractivity contribution in [2.24, 2.45) is 0 Å². The van der Waals surface area contributed by atoms with Crippen LogP contribution in [-0.2, 0) is 15.7 Å². The van der Waals surface area contributed by atoms with E-state index in [4.69, 9.17) is 9.47 Å². The average Bonchev–Trinajstić information content (AvgIpc) is 2.48. The molecule has 1 aromatic carbocycles. The van der Waals surface area contributed by atoms with Gasteiger partial charge in [0.05, 0.1) is 25.3 Å². The molecule has 0 saturated carbocycles. The molecule has 0 saturated heterocycles. The topological polar surface area (TPSA) is 59.6 Å². The van der Waals surface area contributed by atoms with Crippen LogP contribution in [0.5, 0.6) is 5.75 Å². The standard InChI is InChI=1S/C14H19F3N2O3.ClH/c1-21-8-6-18-10-13(20)19-7-9-22-12-4-2-11(3-5-12)14(15,16)17;/h2-5,18H,6-10H2,1H3,(H,19,20);1H. The maximum atomic E-state index is 12.4. The molecule has 0 radical (unpaired) electrons. The fourth-order valence-electron chi connectivity index (χ4n) is 1.54. The zero-order valence-electron chi connectivity index (χ0n) is 12.6. The first kappa shape index (κ1) is 21.5. The first-order valence-electron chi connectivity index (χ1n) is 6.70. The minimum absolute atomic E-state index is 0. The van der Waals surface area contributed by atoms with Crippen LogP contribution in [0, 0.1) is 0 Å². The van der Waals surface area contributed by atoms with Crippen LogP contribution >= 0.6 is 12.4 Å². The van der Waals surface area contributed by atoms with Crippen LogP contribution in [0.15, 0.2) is 24.3 Å². The predicted molar refractivity (Wildman–Crippen MR) is 81.9 cm³/mol. The van der Waals surface area contributed by atoms with Gasteiger partial charge in [0.2, 0.25) is 5.91 Å². The molecular formula is C14H20ClF3N2O3. The number of carbonyl (C=O) groups is 1.